The second-order valence-electron chi connectivity index (χ2n) is 6.67. The van der Waals surface area contributed by atoms with Crippen LogP contribution in [0.5, 0.6) is 0 Å². The summed E-state index contributed by atoms with van der Waals surface area (Å²) in [4.78, 5) is 13.6. The Hall–Kier alpha value is -1.31. The van der Waals surface area contributed by atoms with Gasteiger partial charge in [-0.2, -0.15) is 4.98 Å². The standard InChI is InChI=1S/C18H24N6.3ClH/c1-23-6-8-24(9-7-23)17-11-16(21-18(19)22-17)14-3-2-13-4-5-20-12-15(13)10-14;;;/h2-3,10-11,20H,4-9,12H2,1H3,(H2,19,21,22);3*1H. The van der Waals surface area contributed by atoms with Crippen LogP contribution in [0.4, 0.5) is 11.8 Å². The van der Waals surface area contributed by atoms with E-state index in [1.54, 1.807) is 0 Å². The van der Waals surface area contributed by atoms with Gasteiger partial charge in [-0.25, -0.2) is 4.98 Å². The fourth-order valence-electron chi connectivity index (χ4n) is 3.44. The number of nitrogens with zero attached hydrogens (tertiary/aromatic N) is 4. The lowest BCUT2D eigenvalue weighted by molar-refractivity contribution is 0.312. The Morgan fingerprint density at radius 3 is 2.44 bits per heavy atom. The number of nitrogen functional groups attached to an aromatic ring is 1. The summed E-state index contributed by atoms with van der Waals surface area (Å²) in [6.07, 6.45) is 1.09. The molecule has 3 heterocycles. The minimum Gasteiger partial charge on any atom is -0.368 e. The zero-order valence-corrected chi connectivity index (χ0v) is 17.8. The topological polar surface area (TPSA) is 70.3 Å². The molecule has 2 aromatic rings. The summed E-state index contributed by atoms with van der Waals surface area (Å²) in [5.41, 5.74) is 10.8. The average Bonchev–Trinajstić information content (AvgIpc) is 2.61. The molecule has 9 heteroatoms. The molecule has 0 aliphatic carbocycles. The van der Waals surface area contributed by atoms with Crippen LogP contribution in [0.25, 0.3) is 11.3 Å². The zero-order valence-electron chi connectivity index (χ0n) is 15.4. The molecule has 1 aromatic heterocycles. The van der Waals surface area contributed by atoms with Crippen LogP contribution in [0.3, 0.4) is 0 Å². The molecule has 27 heavy (non-hydrogen) atoms. The fraction of sp³-hybridized carbons (Fsp3) is 0.444. The van der Waals surface area contributed by atoms with E-state index in [1.807, 2.05) is 0 Å². The lowest BCUT2D eigenvalue weighted by atomic mass is 9.97. The highest BCUT2D eigenvalue weighted by Gasteiger charge is 2.17. The maximum Gasteiger partial charge on any atom is 0.222 e. The van der Waals surface area contributed by atoms with Crippen LogP contribution in [0.1, 0.15) is 11.1 Å². The van der Waals surface area contributed by atoms with E-state index in [1.165, 1.54) is 11.1 Å². The monoisotopic (exact) mass is 432 g/mol. The molecule has 6 nitrogen and oxygen atoms in total. The number of fused-ring (bicyclic) bond motifs is 1. The summed E-state index contributed by atoms with van der Waals surface area (Å²) in [7, 11) is 2.15. The molecule has 2 aliphatic rings. The number of benzene rings is 1. The zero-order chi connectivity index (χ0) is 16.5. The summed E-state index contributed by atoms with van der Waals surface area (Å²) in [6.45, 7) is 6.02. The Bertz CT molecular complexity index is 750. The van der Waals surface area contributed by atoms with E-state index in [2.05, 4.69) is 56.4 Å². The molecule has 0 amide bonds. The second-order valence-corrected chi connectivity index (χ2v) is 6.67. The molecule has 1 aromatic carbocycles. The van der Waals surface area contributed by atoms with E-state index < -0.39 is 0 Å². The lowest BCUT2D eigenvalue weighted by Crippen LogP contribution is -2.44. The molecular formula is C18H27Cl3N6. The molecule has 4 rings (SSSR count). The molecule has 2 aliphatic heterocycles. The van der Waals surface area contributed by atoms with Crippen molar-refractivity contribution < 1.29 is 0 Å². The van der Waals surface area contributed by atoms with Gasteiger partial charge in [-0.1, -0.05) is 12.1 Å². The highest BCUT2D eigenvalue weighted by molar-refractivity contribution is 5.86. The second kappa shape index (κ2) is 10.3. The number of hydrogen-bond donors (Lipinski definition) is 2. The Morgan fingerprint density at radius 1 is 0.963 bits per heavy atom. The van der Waals surface area contributed by atoms with Gasteiger partial charge in [-0.3, -0.25) is 0 Å². The summed E-state index contributed by atoms with van der Waals surface area (Å²) < 4.78 is 0. The van der Waals surface area contributed by atoms with Gasteiger partial charge in [0.05, 0.1) is 5.69 Å². The van der Waals surface area contributed by atoms with Gasteiger partial charge in [-0.15, -0.1) is 37.2 Å². The normalized spacial score (nSPS) is 16.4. The third-order valence-corrected chi connectivity index (χ3v) is 4.95. The first kappa shape index (κ1) is 23.7. The van der Waals surface area contributed by atoms with Crippen LogP contribution in [0.15, 0.2) is 24.3 Å². The van der Waals surface area contributed by atoms with Crippen LogP contribution in [0.2, 0.25) is 0 Å². The van der Waals surface area contributed by atoms with E-state index in [0.717, 1.165) is 62.8 Å². The van der Waals surface area contributed by atoms with Gasteiger partial charge in [-0.05, 0) is 37.2 Å². The van der Waals surface area contributed by atoms with Crippen LogP contribution in [-0.4, -0.2) is 54.6 Å². The number of likely N-dealkylation sites (N-methyl/N-ethyl adjacent to an activating group) is 1. The van der Waals surface area contributed by atoms with Gasteiger partial charge in [0.15, 0.2) is 0 Å². The summed E-state index contributed by atoms with van der Waals surface area (Å²) in [5.74, 6) is 1.28. The van der Waals surface area contributed by atoms with Crippen molar-refractivity contribution in [3.05, 3.63) is 35.4 Å². The van der Waals surface area contributed by atoms with E-state index in [9.17, 15) is 0 Å². The van der Waals surface area contributed by atoms with Gasteiger partial charge >= 0.3 is 0 Å². The predicted molar refractivity (Wildman–Crippen MR) is 119 cm³/mol. The van der Waals surface area contributed by atoms with E-state index in [-0.39, 0.29) is 37.2 Å². The van der Waals surface area contributed by atoms with Crippen LogP contribution >= 0.6 is 37.2 Å². The number of rotatable bonds is 2. The number of nitrogens with one attached hydrogen (secondary N) is 1. The largest absolute Gasteiger partial charge is 0.368 e. The average molecular weight is 434 g/mol. The minimum atomic E-state index is 0. The molecule has 1 fully saturated rings. The highest BCUT2D eigenvalue weighted by Crippen LogP contribution is 2.26. The Labute approximate surface area is 179 Å². The van der Waals surface area contributed by atoms with E-state index in [0.29, 0.717) is 5.95 Å². The summed E-state index contributed by atoms with van der Waals surface area (Å²) in [6, 6.07) is 8.68. The van der Waals surface area contributed by atoms with Crippen LogP contribution in [0, 0.1) is 0 Å². The predicted octanol–water partition coefficient (Wildman–Crippen LogP) is 2.39. The van der Waals surface area contributed by atoms with Crippen molar-refractivity contribution in [2.45, 2.75) is 13.0 Å². The third kappa shape index (κ3) is 5.36. The SMILES string of the molecule is CN1CCN(c2cc(-c3ccc4c(c3)CNCC4)nc(N)n2)CC1.Cl.Cl.Cl. The Morgan fingerprint density at radius 2 is 1.70 bits per heavy atom. The summed E-state index contributed by atoms with van der Waals surface area (Å²) in [5, 5.41) is 3.43. The molecule has 3 N–H and O–H groups in total. The van der Waals surface area contributed by atoms with Gasteiger partial charge < -0.3 is 20.9 Å². The third-order valence-electron chi connectivity index (χ3n) is 4.95. The van der Waals surface area contributed by atoms with Gasteiger partial charge in [0, 0.05) is 44.4 Å². The minimum absolute atomic E-state index is 0. The first-order chi connectivity index (χ1) is 11.7. The highest BCUT2D eigenvalue weighted by atomic mass is 35.5. The van der Waals surface area contributed by atoms with Crippen LogP contribution in [-0.2, 0) is 13.0 Å². The molecule has 150 valence electrons. The molecule has 1 saturated heterocycles. The number of halogens is 3. The molecule has 0 spiro atoms. The van der Waals surface area contributed by atoms with Crippen molar-refractivity contribution in [3.8, 4) is 11.3 Å². The fourth-order valence-corrected chi connectivity index (χ4v) is 3.44. The molecule has 0 bridgehead atoms. The number of piperazine rings is 1. The molecule has 0 atom stereocenters. The number of nitrogens with two attached hydrogens (primary N) is 1. The maximum absolute atomic E-state index is 6.00. The van der Waals surface area contributed by atoms with Gasteiger partial charge in [0.2, 0.25) is 5.95 Å². The Kier molecular flexibility index (Phi) is 9.05. The van der Waals surface area contributed by atoms with Gasteiger partial charge in [0.25, 0.3) is 0 Å². The Balaban J connectivity index is 0.00000121. The maximum atomic E-state index is 6.00. The first-order valence-corrected chi connectivity index (χ1v) is 8.60. The van der Waals surface area contributed by atoms with E-state index >= 15 is 0 Å². The summed E-state index contributed by atoms with van der Waals surface area (Å²) >= 11 is 0. The number of anilines is 2. The van der Waals surface area contributed by atoms with Crippen molar-refractivity contribution in [2.75, 3.05) is 50.4 Å². The smallest absolute Gasteiger partial charge is 0.222 e. The van der Waals surface area contributed by atoms with Gasteiger partial charge in [0.1, 0.15) is 5.82 Å². The number of hydrogen-bond acceptors (Lipinski definition) is 6. The van der Waals surface area contributed by atoms with Crippen molar-refractivity contribution in [1.82, 2.24) is 20.2 Å². The van der Waals surface area contributed by atoms with Crippen molar-refractivity contribution in [1.29, 1.82) is 0 Å². The molecule has 0 saturated carbocycles. The molecule has 0 radical (unpaired) electrons. The quantitative estimate of drug-likeness (QED) is 0.758. The molecule has 0 unspecified atom stereocenters. The van der Waals surface area contributed by atoms with Crippen molar-refractivity contribution in [3.63, 3.8) is 0 Å². The van der Waals surface area contributed by atoms with Crippen molar-refractivity contribution >= 4 is 49.0 Å². The van der Waals surface area contributed by atoms with E-state index in [4.69, 9.17) is 5.73 Å². The molecular weight excluding hydrogens is 407 g/mol. The first-order valence-electron chi connectivity index (χ1n) is 8.60. The lowest BCUT2D eigenvalue weighted by Gasteiger charge is -2.33. The number of aromatic nitrogens is 2. The van der Waals surface area contributed by atoms with Crippen molar-refractivity contribution in [2.24, 2.45) is 0 Å². The van der Waals surface area contributed by atoms with Crippen LogP contribution < -0.4 is 16.0 Å².